The van der Waals surface area contributed by atoms with Crippen LogP contribution in [0.25, 0.3) is 0 Å². The van der Waals surface area contributed by atoms with E-state index < -0.39 is 0 Å². The lowest BCUT2D eigenvalue weighted by molar-refractivity contribution is -0.125. The molecule has 0 radical (unpaired) electrons. The van der Waals surface area contributed by atoms with Gasteiger partial charge in [0.15, 0.2) is 0 Å². The van der Waals surface area contributed by atoms with Crippen LogP contribution in [0.5, 0.6) is 0 Å². The Kier molecular flexibility index (Phi) is 6.43. The molecule has 124 valence electrons. The zero-order chi connectivity index (χ0) is 15.9. The van der Waals surface area contributed by atoms with Crippen molar-refractivity contribution in [3.8, 4) is 0 Å². The van der Waals surface area contributed by atoms with E-state index in [2.05, 4.69) is 22.1 Å². The standard InChI is InChI=1S/C17H30N4O/c1-14(12-21-11-8-18-16(21)3)17(22)19-15(2)13-20-9-6-4-5-7-10-20/h8,11,14-15H,4-7,9-10,12-13H2,1-3H3,(H,19,22)/t14-,15+/m1/s1. The van der Waals surface area contributed by atoms with Crippen LogP contribution in [0.3, 0.4) is 0 Å². The van der Waals surface area contributed by atoms with Gasteiger partial charge in [0.2, 0.25) is 5.91 Å². The van der Waals surface area contributed by atoms with Crippen molar-refractivity contribution in [3.05, 3.63) is 18.2 Å². The number of rotatable bonds is 6. The third-order valence-electron chi connectivity index (χ3n) is 4.46. The molecule has 0 aromatic carbocycles. The molecule has 5 nitrogen and oxygen atoms in total. The molecule has 0 unspecified atom stereocenters. The second-order valence-electron chi connectivity index (χ2n) is 6.65. The number of aryl methyl sites for hydroxylation is 1. The van der Waals surface area contributed by atoms with E-state index in [9.17, 15) is 4.79 Å². The van der Waals surface area contributed by atoms with Crippen molar-refractivity contribution in [2.75, 3.05) is 19.6 Å². The molecule has 0 bridgehead atoms. The molecule has 1 aromatic rings. The number of nitrogens with one attached hydrogen (secondary N) is 1. The maximum Gasteiger partial charge on any atom is 0.224 e. The third-order valence-corrected chi connectivity index (χ3v) is 4.46. The van der Waals surface area contributed by atoms with Gasteiger partial charge in [0.1, 0.15) is 5.82 Å². The Morgan fingerprint density at radius 1 is 1.23 bits per heavy atom. The molecule has 0 aliphatic carbocycles. The Hall–Kier alpha value is -1.36. The summed E-state index contributed by atoms with van der Waals surface area (Å²) in [6, 6.07) is 0.205. The van der Waals surface area contributed by atoms with Gasteiger partial charge in [0, 0.05) is 31.5 Å². The average Bonchev–Trinajstić information content (AvgIpc) is 2.73. The molecule has 1 aromatic heterocycles. The molecule has 1 fully saturated rings. The van der Waals surface area contributed by atoms with E-state index in [-0.39, 0.29) is 17.9 Å². The molecule has 0 spiro atoms. The van der Waals surface area contributed by atoms with Crippen LogP contribution in [0, 0.1) is 12.8 Å². The second-order valence-corrected chi connectivity index (χ2v) is 6.65. The summed E-state index contributed by atoms with van der Waals surface area (Å²) >= 11 is 0. The Bertz CT molecular complexity index is 463. The van der Waals surface area contributed by atoms with E-state index in [4.69, 9.17) is 0 Å². The first-order chi connectivity index (χ1) is 10.6. The third kappa shape index (κ3) is 5.13. The fourth-order valence-corrected chi connectivity index (χ4v) is 3.11. The predicted octanol–water partition coefficient (Wildman–Crippen LogP) is 2.21. The predicted molar refractivity (Wildman–Crippen MR) is 88.6 cm³/mol. The van der Waals surface area contributed by atoms with Gasteiger partial charge in [-0.1, -0.05) is 19.8 Å². The molecule has 2 heterocycles. The number of amides is 1. The normalized spacial score (nSPS) is 19.4. The van der Waals surface area contributed by atoms with E-state index in [1.807, 2.05) is 24.6 Å². The van der Waals surface area contributed by atoms with Crippen LogP contribution in [0.4, 0.5) is 0 Å². The van der Waals surface area contributed by atoms with Gasteiger partial charge in [-0.15, -0.1) is 0 Å². The first-order valence-electron chi connectivity index (χ1n) is 8.56. The van der Waals surface area contributed by atoms with E-state index >= 15 is 0 Å². The average molecular weight is 306 g/mol. The highest BCUT2D eigenvalue weighted by Crippen LogP contribution is 2.10. The van der Waals surface area contributed by atoms with E-state index in [1.165, 1.54) is 38.8 Å². The molecule has 0 saturated carbocycles. The lowest BCUT2D eigenvalue weighted by atomic mass is 10.1. The van der Waals surface area contributed by atoms with Gasteiger partial charge >= 0.3 is 0 Å². The van der Waals surface area contributed by atoms with E-state index in [0.717, 1.165) is 12.4 Å². The highest BCUT2D eigenvalue weighted by Gasteiger charge is 2.18. The molecule has 5 heteroatoms. The van der Waals surface area contributed by atoms with Crippen molar-refractivity contribution < 1.29 is 4.79 Å². The van der Waals surface area contributed by atoms with Crippen LogP contribution in [-0.4, -0.2) is 46.0 Å². The molecule has 2 rings (SSSR count). The summed E-state index contributed by atoms with van der Waals surface area (Å²) in [7, 11) is 0. The fourth-order valence-electron chi connectivity index (χ4n) is 3.11. The lowest BCUT2D eigenvalue weighted by Crippen LogP contribution is -2.44. The van der Waals surface area contributed by atoms with Crippen LogP contribution in [0.15, 0.2) is 12.4 Å². The molecule has 22 heavy (non-hydrogen) atoms. The molecular formula is C17H30N4O. The Labute approximate surface area is 134 Å². The second kappa shape index (κ2) is 8.32. The monoisotopic (exact) mass is 306 g/mol. The Balaban J connectivity index is 1.76. The summed E-state index contributed by atoms with van der Waals surface area (Å²) < 4.78 is 2.03. The van der Waals surface area contributed by atoms with Crippen LogP contribution < -0.4 is 5.32 Å². The van der Waals surface area contributed by atoms with Crippen LogP contribution in [0.2, 0.25) is 0 Å². The maximum absolute atomic E-state index is 12.3. The summed E-state index contributed by atoms with van der Waals surface area (Å²) in [4.78, 5) is 19.0. The van der Waals surface area contributed by atoms with Crippen molar-refractivity contribution in [1.82, 2.24) is 19.8 Å². The Morgan fingerprint density at radius 3 is 2.50 bits per heavy atom. The minimum absolute atomic E-state index is 0.0421. The van der Waals surface area contributed by atoms with Gasteiger partial charge in [0.05, 0.1) is 5.92 Å². The summed E-state index contributed by atoms with van der Waals surface area (Å²) in [5.74, 6) is 1.05. The Morgan fingerprint density at radius 2 is 1.91 bits per heavy atom. The van der Waals surface area contributed by atoms with Gasteiger partial charge in [-0.25, -0.2) is 4.98 Å². The van der Waals surface area contributed by atoms with Crippen molar-refractivity contribution in [1.29, 1.82) is 0 Å². The molecule has 1 amide bonds. The summed E-state index contributed by atoms with van der Waals surface area (Å²) in [5.41, 5.74) is 0. The molecule has 1 aliphatic rings. The number of hydrogen-bond donors (Lipinski definition) is 1. The number of likely N-dealkylation sites (tertiary alicyclic amines) is 1. The number of hydrogen-bond acceptors (Lipinski definition) is 3. The number of carbonyl (C=O) groups is 1. The largest absolute Gasteiger partial charge is 0.352 e. The molecule has 1 saturated heterocycles. The van der Waals surface area contributed by atoms with Gasteiger partial charge in [-0.2, -0.15) is 0 Å². The summed E-state index contributed by atoms with van der Waals surface area (Å²) in [6.07, 6.45) is 8.98. The first kappa shape index (κ1) is 17.0. The molecular weight excluding hydrogens is 276 g/mol. The van der Waals surface area contributed by atoms with Gasteiger partial charge in [-0.05, 0) is 39.8 Å². The summed E-state index contributed by atoms with van der Waals surface area (Å²) in [5, 5.41) is 3.16. The van der Waals surface area contributed by atoms with Crippen molar-refractivity contribution in [3.63, 3.8) is 0 Å². The molecule has 1 aliphatic heterocycles. The van der Waals surface area contributed by atoms with Crippen molar-refractivity contribution in [2.45, 2.75) is 59.0 Å². The quantitative estimate of drug-likeness (QED) is 0.876. The van der Waals surface area contributed by atoms with Gasteiger partial charge < -0.3 is 14.8 Å². The highest BCUT2D eigenvalue weighted by molar-refractivity contribution is 5.78. The summed E-state index contributed by atoms with van der Waals surface area (Å²) in [6.45, 7) is 10.0. The fraction of sp³-hybridized carbons (Fsp3) is 0.765. The van der Waals surface area contributed by atoms with Crippen LogP contribution in [-0.2, 0) is 11.3 Å². The number of imidazole rings is 1. The van der Waals surface area contributed by atoms with Crippen molar-refractivity contribution >= 4 is 5.91 Å². The van der Waals surface area contributed by atoms with Crippen LogP contribution >= 0.6 is 0 Å². The highest BCUT2D eigenvalue weighted by atomic mass is 16.1. The molecule has 1 N–H and O–H groups in total. The zero-order valence-corrected chi connectivity index (χ0v) is 14.2. The minimum atomic E-state index is -0.0421. The minimum Gasteiger partial charge on any atom is -0.352 e. The lowest BCUT2D eigenvalue weighted by Gasteiger charge is -2.25. The smallest absolute Gasteiger partial charge is 0.224 e. The van der Waals surface area contributed by atoms with Gasteiger partial charge in [-0.3, -0.25) is 4.79 Å². The van der Waals surface area contributed by atoms with Crippen LogP contribution in [0.1, 0.15) is 45.4 Å². The number of aromatic nitrogens is 2. The maximum atomic E-state index is 12.3. The number of nitrogens with zero attached hydrogens (tertiary/aromatic N) is 3. The zero-order valence-electron chi connectivity index (χ0n) is 14.2. The SMILES string of the molecule is Cc1nccn1C[C@@H](C)C(=O)N[C@@H](C)CN1CCCCCC1. The van der Waals surface area contributed by atoms with E-state index in [0.29, 0.717) is 6.54 Å². The number of carbonyl (C=O) groups excluding carboxylic acids is 1. The first-order valence-corrected chi connectivity index (χ1v) is 8.56. The molecule has 2 atom stereocenters. The van der Waals surface area contributed by atoms with Gasteiger partial charge in [0.25, 0.3) is 0 Å². The van der Waals surface area contributed by atoms with Crippen molar-refractivity contribution in [2.24, 2.45) is 5.92 Å². The van der Waals surface area contributed by atoms with E-state index in [1.54, 1.807) is 6.20 Å². The topological polar surface area (TPSA) is 50.2 Å².